The highest BCUT2D eigenvalue weighted by Gasteiger charge is 2.20. The van der Waals surface area contributed by atoms with Crippen LogP contribution in [0.5, 0.6) is 0 Å². The Hall–Kier alpha value is 0.0600. The van der Waals surface area contributed by atoms with Crippen molar-refractivity contribution < 1.29 is 4.74 Å². The molecule has 0 aromatic heterocycles. The van der Waals surface area contributed by atoms with E-state index in [9.17, 15) is 0 Å². The van der Waals surface area contributed by atoms with E-state index in [1.165, 1.54) is 0 Å². The molecule has 0 bridgehead atoms. The molecule has 3 nitrogen and oxygen atoms in total. The summed E-state index contributed by atoms with van der Waals surface area (Å²) in [6.07, 6.45) is 0.963. The first-order chi connectivity index (χ1) is 8.10. The second kappa shape index (κ2) is 7.48. The van der Waals surface area contributed by atoms with Crippen LogP contribution < -0.4 is 11.3 Å². The predicted molar refractivity (Wildman–Crippen MR) is 77.6 cm³/mol. The molecule has 1 rings (SSSR count). The summed E-state index contributed by atoms with van der Waals surface area (Å²) in [6.45, 7) is 2.90. The molecule has 2 unspecified atom stereocenters. The van der Waals surface area contributed by atoms with E-state index in [1.54, 1.807) is 7.11 Å². The van der Waals surface area contributed by atoms with E-state index in [0.29, 0.717) is 5.92 Å². The van der Waals surface area contributed by atoms with E-state index >= 15 is 0 Å². The molecular formula is C12H18Br2N2O. The maximum atomic E-state index is 5.67. The van der Waals surface area contributed by atoms with Crippen LogP contribution in [-0.2, 0) is 4.74 Å². The molecule has 0 saturated carbocycles. The minimum absolute atomic E-state index is 0.108. The van der Waals surface area contributed by atoms with Crippen LogP contribution in [0.4, 0.5) is 0 Å². The third-order valence-corrected chi connectivity index (χ3v) is 4.03. The van der Waals surface area contributed by atoms with Crippen LogP contribution in [0.15, 0.2) is 27.1 Å². The number of ether oxygens (including phenoxy) is 1. The second-order valence-electron chi connectivity index (χ2n) is 4.07. The molecule has 0 aliphatic heterocycles. The summed E-state index contributed by atoms with van der Waals surface area (Å²) in [7, 11) is 1.71. The quantitative estimate of drug-likeness (QED) is 0.600. The highest BCUT2D eigenvalue weighted by atomic mass is 79.9. The molecule has 0 fully saturated rings. The van der Waals surface area contributed by atoms with Gasteiger partial charge < -0.3 is 4.74 Å². The van der Waals surface area contributed by atoms with Gasteiger partial charge in [-0.3, -0.25) is 11.3 Å². The molecule has 0 saturated heterocycles. The van der Waals surface area contributed by atoms with Crippen LogP contribution in [0, 0.1) is 5.92 Å². The van der Waals surface area contributed by atoms with Crippen molar-refractivity contribution >= 4 is 31.9 Å². The molecule has 1 aromatic rings. The van der Waals surface area contributed by atoms with E-state index < -0.39 is 0 Å². The SMILES string of the molecule is COCCC(C)C(NN)c1cc(Br)ccc1Br. The second-order valence-corrected chi connectivity index (χ2v) is 5.84. The molecule has 0 heterocycles. The number of methoxy groups -OCH3 is 1. The molecule has 0 radical (unpaired) electrons. The number of nitrogens with two attached hydrogens (primary N) is 1. The normalized spacial score (nSPS) is 14.6. The first-order valence-corrected chi connectivity index (χ1v) is 7.08. The Bertz CT molecular complexity index is 360. The minimum atomic E-state index is 0.108. The van der Waals surface area contributed by atoms with Crippen LogP contribution in [0.25, 0.3) is 0 Å². The average molecular weight is 366 g/mol. The molecule has 3 N–H and O–H groups in total. The van der Waals surface area contributed by atoms with E-state index in [4.69, 9.17) is 10.6 Å². The van der Waals surface area contributed by atoms with Gasteiger partial charge in [-0.2, -0.15) is 0 Å². The fraction of sp³-hybridized carbons (Fsp3) is 0.500. The molecule has 0 amide bonds. The Kier molecular flexibility index (Phi) is 6.66. The van der Waals surface area contributed by atoms with Gasteiger partial charge in [0.05, 0.1) is 0 Å². The Labute approximate surface area is 119 Å². The standard InChI is InChI=1S/C12H18Br2N2O/c1-8(5-6-17-2)12(16-15)10-7-9(13)3-4-11(10)14/h3-4,7-8,12,16H,5-6,15H2,1-2H3. The van der Waals surface area contributed by atoms with Gasteiger partial charge in [0.2, 0.25) is 0 Å². The molecule has 0 aliphatic carbocycles. The van der Waals surface area contributed by atoms with E-state index in [-0.39, 0.29) is 6.04 Å². The van der Waals surface area contributed by atoms with Gasteiger partial charge in [0.15, 0.2) is 0 Å². The number of nitrogens with one attached hydrogen (secondary N) is 1. The Morgan fingerprint density at radius 2 is 2.12 bits per heavy atom. The van der Waals surface area contributed by atoms with Crippen LogP contribution >= 0.6 is 31.9 Å². The van der Waals surface area contributed by atoms with Gasteiger partial charge in [-0.05, 0) is 36.1 Å². The maximum Gasteiger partial charge on any atom is 0.0497 e. The monoisotopic (exact) mass is 364 g/mol. The largest absolute Gasteiger partial charge is 0.385 e. The zero-order chi connectivity index (χ0) is 12.8. The van der Waals surface area contributed by atoms with E-state index in [2.05, 4.69) is 50.3 Å². The van der Waals surface area contributed by atoms with Gasteiger partial charge in [-0.1, -0.05) is 38.8 Å². The zero-order valence-corrected chi connectivity index (χ0v) is 13.2. The summed E-state index contributed by atoms with van der Waals surface area (Å²) >= 11 is 7.04. The molecule has 5 heteroatoms. The molecule has 96 valence electrons. The van der Waals surface area contributed by atoms with Gasteiger partial charge in [-0.25, -0.2) is 0 Å². The summed E-state index contributed by atoms with van der Waals surface area (Å²) in [6, 6.07) is 6.21. The van der Waals surface area contributed by atoms with E-state index in [1.807, 2.05) is 12.1 Å². The number of hydrogen-bond donors (Lipinski definition) is 2. The van der Waals surface area contributed by atoms with Gasteiger partial charge in [-0.15, -0.1) is 0 Å². The number of hydrogen-bond acceptors (Lipinski definition) is 3. The summed E-state index contributed by atoms with van der Waals surface area (Å²) < 4.78 is 7.22. The summed E-state index contributed by atoms with van der Waals surface area (Å²) in [5.74, 6) is 6.06. The third-order valence-electron chi connectivity index (χ3n) is 2.82. The van der Waals surface area contributed by atoms with Crippen molar-refractivity contribution in [1.82, 2.24) is 5.43 Å². The van der Waals surface area contributed by atoms with Crippen molar-refractivity contribution in [2.75, 3.05) is 13.7 Å². The van der Waals surface area contributed by atoms with Gasteiger partial charge in [0, 0.05) is 28.7 Å². The lowest BCUT2D eigenvalue weighted by molar-refractivity contribution is 0.170. The lowest BCUT2D eigenvalue weighted by Crippen LogP contribution is -2.33. The number of benzene rings is 1. The number of halogens is 2. The van der Waals surface area contributed by atoms with E-state index in [0.717, 1.165) is 27.5 Å². The van der Waals surface area contributed by atoms with Crippen molar-refractivity contribution in [2.24, 2.45) is 11.8 Å². The fourth-order valence-electron chi connectivity index (χ4n) is 1.78. The third kappa shape index (κ3) is 4.34. The van der Waals surface area contributed by atoms with Crippen LogP contribution in [-0.4, -0.2) is 13.7 Å². The lowest BCUT2D eigenvalue weighted by atomic mass is 9.93. The van der Waals surface area contributed by atoms with Crippen LogP contribution in [0.3, 0.4) is 0 Å². The highest BCUT2D eigenvalue weighted by molar-refractivity contribution is 9.11. The Balaban J connectivity index is 2.88. The molecule has 0 aliphatic rings. The summed E-state index contributed by atoms with van der Waals surface area (Å²) in [5, 5.41) is 0. The van der Waals surface area contributed by atoms with Crippen LogP contribution in [0.2, 0.25) is 0 Å². The Morgan fingerprint density at radius 1 is 1.41 bits per heavy atom. The smallest absolute Gasteiger partial charge is 0.0497 e. The predicted octanol–water partition coefficient (Wildman–Crippen LogP) is 3.39. The maximum absolute atomic E-state index is 5.67. The molecule has 1 aromatic carbocycles. The van der Waals surface area contributed by atoms with Gasteiger partial charge in [0.25, 0.3) is 0 Å². The van der Waals surface area contributed by atoms with Crippen LogP contribution in [0.1, 0.15) is 24.9 Å². The van der Waals surface area contributed by atoms with Crippen molar-refractivity contribution in [3.63, 3.8) is 0 Å². The fourth-order valence-corrected chi connectivity index (χ4v) is 2.66. The van der Waals surface area contributed by atoms with Crippen molar-refractivity contribution in [3.05, 3.63) is 32.7 Å². The first-order valence-electron chi connectivity index (χ1n) is 5.50. The summed E-state index contributed by atoms with van der Waals surface area (Å²) in [4.78, 5) is 0. The van der Waals surface area contributed by atoms with Crippen molar-refractivity contribution in [2.45, 2.75) is 19.4 Å². The molecular weight excluding hydrogens is 348 g/mol. The molecule has 2 atom stereocenters. The van der Waals surface area contributed by atoms with Crippen molar-refractivity contribution in [1.29, 1.82) is 0 Å². The molecule has 17 heavy (non-hydrogen) atoms. The number of hydrazine groups is 1. The Morgan fingerprint density at radius 3 is 2.71 bits per heavy atom. The molecule has 0 spiro atoms. The highest BCUT2D eigenvalue weighted by Crippen LogP contribution is 2.31. The average Bonchev–Trinajstić information content (AvgIpc) is 2.32. The topological polar surface area (TPSA) is 47.3 Å². The van der Waals surface area contributed by atoms with Gasteiger partial charge in [0.1, 0.15) is 0 Å². The van der Waals surface area contributed by atoms with Gasteiger partial charge >= 0.3 is 0 Å². The minimum Gasteiger partial charge on any atom is -0.385 e. The summed E-state index contributed by atoms with van der Waals surface area (Å²) in [5.41, 5.74) is 4.05. The zero-order valence-electron chi connectivity index (χ0n) is 10.0. The lowest BCUT2D eigenvalue weighted by Gasteiger charge is -2.24. The first kappa shape index (κ1) is 15.1. The van der Waals surface area contributed by atoms with Crippen molar-refractivity contribution in [3.8, 4) is 0 Å². The number of rotatable bonds is 6.